The van der Waals surface area contributed by atoms with E-state index < -0.39 is 11.4 Å². The quantitative estimate of drug-likeness (QED) is 0.926. The van der Waals surface area contributed by atoms with Gasteiger partial charge in [-0.05, 0) is 54.0 Å². The number of halogens is 1. The van der Waals surface area contributed by atoms with Crippen molar-refractivity contribution in [2.75, 3.05) is 0 Å². The molecule has 1 aliphatic rings. The third-order valence-electron chi connectivity index (χ3n) is 3.72. The van der Waals surface area contributed by atoms with Crippen LogP contribution >= 0.6 is 15.9 Å². The smallest absolute Gasteiger partial charge is 0.311 e. The van der Waals surface area contributed by atoms with Gasteiger partial charge >= 0.3 is 5.97 Å². The summed E-state index contributed by atoms with van der Waals surface area (Å²) in [7, 11) is 0. The molecule has 1 aromatic heterocycles. The number of hydrogen-bond acceptors (Lipinski definition) is 4. The van der Waals surface area contributed by atoms with Gasteiger partial charge in [-0.15, -0.1) is 5.10 Å². The first-order valence-electron chi connectivity index (χ1n) is 6.28. The molecule has 0 spiro atoms. The summed E-state index contributed by atoms with van der Waals surface area (Å²) < 4.78 is 2.58. The van der Waals surface area contributed by atoms with Crippen molar-refractivity contribution in [2.45, 2.75) is 26.3 Å². The first-order valence-corrected chi connectivity index (χ1v) is 7.07. The molecule has 1 heterocycles. The molecule has 20 heavy (non-hydrogen) atoms. The molecule has 0 amide bonds. The lowest BCUT2D eigenvalue weighted by atomic mass is 10.1. The minimum Gasteiger partial charge on any atom is -0.481 e. The molecular weight excluding hydrogens is 324 g/mol. The lowest BCUT2D eigenvalue weighted by Gasteiger charge is -2.11. The van der Waals surface area contributed by atoms with Gasteiger partial charge in [-0.2, -0.15) is 0 Å². The van der Waals surface area contributed by atoms with Crippen molar-refractivity contribution >= 4 is 21.9 Å². The Hall–Kier alpha value is -1.76. The Morgan fingerprint density at radius 3 is 2.85 bits per heavy atom. The number of carboxylic acid groups (broad SMARTS) is 1. The van der Waals surface area contributed by atoms with E-state index in [4.69, 9.17) is 0 Å². The van der Waals surface area contributed by atoms with E-state index in [-0.39, 0.29) is 0 Å². The van der Waals surface area contributed by atoms with E-state index in [0.29, 0.717) is 25.2 Å². The SMILES string of the molecule is Cc1cc(Br)ccc1-c1nnnn1CC1(C(=O)O)CC1. The van der Waals surface area contributed by atoms with Crippen molar-refractivity contribution in [2.24, 2.45) is 5.41 Å². The molecule has 1 fully saturated rings. The van der Waals surface area contributed by atoms with E-state index in [1.165, 1.54) is 0 Å². The van der Waals surface area contributed by atoms with Crippen molar-refractivity contribution in [3.8, 4) is 11.4 Å². The topological polar surface area (TPSA) is 80.9 Å². The second kappa shape index (κ2) is 4.66. The van der Waals surface area contributed by atoms with Crippen LogP contribution in [-0.2, 0) is 11.3 Å². The molecule has 0 atom stereocenters. The molecule has 1 aliphatic carbocycles. The number of tetrazole rings is 1. The van der Waals surface area contributed by atoms with Gasteiger partial charge in [-0.3, -0.25) is 4.79 Å². The first-order chi connectivity index (χ1) is 9.52. The van der Waals surface area contributed by atoms with Crippen LogP contribution in [0, 0.1) is 12.3 Å². The zero-order valence-corrected chi connectivity index (χ0v) is 12.5. The lowest BCUT2D eigenvalue weighted by Crippen LogP contribution is -2.22. The molecule has 0 saturated heterocycles. The Morgan fingerprint density at radius 1 is 1.50 bits per heavy atom. The number of carbonyl (C=O) groups is 1. The third-order valence-corrected chi connectivity index (χ3v) is 4.21. The van der Waals surface area contributed by atoms with Gasteiger partial charge in [-0.25, -0.2) is 4.68 Å². The van der Waals surface area contributed by atoms with E-state index in [1.807, 2.05) is 25.1 Å². The number of hydrogen-bond donors (Lipinski definition) is 1. The number of rotatable bonds is 4. The van der Waals surface area contributed by atoms with Gasteiger partial charge in [0.15, 0.2) is 5.82 Å². The molecule has 0 unspecified atom stereocenters. The normalized spacial score (nSPS) is 16.1. The van der Waals surface area contributed by atoms with Crippen LogP contribution in [0.3, 0.4) is 0 Å². The summed E-state index contributed by atoms with van der Waals surface area (Å²) in [6.07, 6.45) is 1.36. The Labute approximate surface area is 123 Å². The van der Waals surface area contributed by atoms with Crippen LogP contribution in [0.15, 0.2) is 22.7 Å². The molecule has 7 heteroatoms. The van der Waals surface area contributed by atoms with Crippen molar-refractivity contribution in [1.29, 1.82) is 0 Å². The summed E-state index contributed by atoms with van der Waals surface area (Å²) >= 11 is 3.42. The monoisotopic (exact) mass is 336 g/mol. The van der Waals surface area contributed by atoms with E-state index in [1.54, 1.807) is 4.68 Å². The number of aliphatic carboxylic acids is 1. The summed E-state index contributed by atoms with van der Waals surface area (Å²) in [6.45, 7) is 2.30. The zero-order valence-electron chi connectivity index (χ0n) is 10.9. The summed E-state index contributed by atoms with van der Waals surface area (Å²) in [6, 6.07) is 5.84. The molecule has 1 saturated carbocycles. The van der Waals surface area contributed by atoms with Gasteiger partial charge in [0.05, 0.1) is 12.0 Å². The van der Waals surface area contributed by atoms with Gasteiger partial charge in [0.1, 0.15) is 0 Å². The Balaban J connectivity index is 1.96. The number of aryl methyl sites for hydroxylation is 1. The summed E-state index contributed by atoms with van der Waals surface area (Å²) in [5.41, 5.74) is 1.27. The van der Waals surface area contributed by atoms with Crippen molar-refractivity contribution < 1.29 is 9.90 Å². The molecule has 0 radical (unpaired) electrons. The van der Waals surface area contributed by atoms with Crippen molar-refractivity contribution in [1.82, 2.24) is 20.2 Å². The van der Waals surface area contributed by atoms with E-state index in [0.717, 1.165) is 15.6 Å². The van der Waals surface area contributed by atoms with Gasteiger partial charge in [0.2, 0.25) is 0 Å². The van der Waals surface area contributed by atoms with Gasteiger partial charge < -0.3 is 5.11 Å². The van der Waals surface area contributed by atoms with Crippen LogP contribution in [0.2, 0.25) is 0 Å². The molecule has 1 N–H and O–H groups in total. The fourth-order valence-electron chi connectivity index (χ4n) is 2.26. The average molecular weight is 337 g/mol. The standard InChI is InChI=1S/C13H13BrN4O2/c1-8-6-9(14)2-3-10(8)11-15-16-17-18(11)7-13(4-5-13)12(19)20/h2-3,6H,4-5,7H2,1H3,(H,19,20). The number of aromatic nitrogens is 4. The molecule has 104 valence electrons. The van der Waals surface area contributed by atoms with Gasteiger partial charge in [-0.1, -0.05) is 15.9 Å². The van der Waals surface area contributed by atoms with Crippen LogP contribution in [-0.4, -0.2) is 31.3 Å². The highest BCUT2D eigenvalue weighted by Crippen LogP contribution is 2.47. The molecule has 6 nitrogen and oxygen atoms in total. The van der Waals surface area contributed by atoms with Crippen LogP contribution in [0.1, 0.15) is 18.4 Å². The zero-order chi connectivity index (χ0) is 14.3. The van der Waals surface area contributed by atoms with E-state index in [9.17, 15) is 9.90 Å². The Kier molecular flexibility index (Phi) is 3.08. The molecular formula is C13H13BrN4O2. The van der Waals surface area contributed by atoms with Gasteiger partial charge in [0, 0.05) is 10.0 Å². The predicted molar refractivity (Wildman–Crippen MR) is 75.0 cm³/mol. The van der Waals surface area contributed by atoms with Crippen molar-refractivity contribution in [3.05, 3.63) is 28.2 Å². The van der Waals surface area contributed by atoms with Gasteiger partial charge in [0.25, 0.3) is 0 Å². The lowest BCUT2D eigenvalue weighted by molar-refractivity contribution is -0.144. The van der Waals surface area contributed by atoms with E-state index >= 15 is 0 Å². The first kappa shape index (κ1) is 13.2. The maximum atomic E-state index is 11.3. The summed E-state index contributed by atoms with van der Waals surface area (Å²) in [5.74, 6) is -0.158. The van der Waals surface area contributed by atoms with Crippen LogP contribution in [0.4, 0.5) is 0 Å². The van der Waals surface area contributed by atoms with Crippen molar-refractivity contribution in [3.63, 3.8) is 0 Å². The Bertz CT molecular complexity index is 679. The average Bonchev–Trinajstić information content (AvgIpc) is 3.03. The summed E-state index contributed by atoms with van der Waals surface area (Å²) in [5, 5.41) is 20.9. The molecule has 0 aliphatic heterocycles. The van der Waals surface area contributed by atoms with Crippen LogP contribution < -0.4 is 0 Å². The third kappa shape index (κ3) is 2.22. The second-order valence-electron chi connectivity index (χ2n) is 5.20. The van der Waals surface area contributed by atoms with Crippen LogP contribution in [0.25, 0.3) is 11.4 Å². The maximum Gasteiger partial charge on any atom is 0.311 e. The maximum absolute atomic E-state index is 11.3. The number of benzene rings is 1. The van der Waals surface area contributed by atoms with E-state index in [2.05, 4.69) is 31.5 Å². The molecule has 0 bridgehead atoms. The highest BCUT2D eigenvalue weighted by Gasteiger charge is 2.51. The number of carboxylic acids is 1. The molecule has 1 aromatic carbocycles. The summed E-state index contributed by atoms with van der Waals surface area (Å²) in [4.78, 5) is 11.3. The minimum atomic E-state index is -0.772. The fraction of sp³-hybridized carbons (Fsp3) is 0.385. The molecule has 2 aromatic rings. The second-order valence-corrected chi connectivity index (χ2v) is 6.12. The highest BCUT2D eigenvalue weighted by molar-refractivity contribution is 9.10. The molecule has 3 rings (SSSR count). The predicted octanol–water partition coefficient (Wildman–Crippen LogP) is 2.28. The van der Waals surface area contributed by atoms with Crippen LogP contribution in [0.5, 0.6) is 0 Å². The minimum absolute atomic E-state index is 0.320. The largest absolute Gasteiger partial charge is 0.481 e. The number of nitrogens with zero attached hydrogens (tertiary/aromatic N) is 4. The highest BCUT2D eigenvalue weighted by atomic mass is 79.9. The Morgan fingerprint density at radius 2 is 2.25 bits per heavy atom. The fourth-order valence-corrected chi connectivity index (χ4v) is 2.73.